The molecular formula is C18H26N4O2. The highest BCUT2D eigenvalue weighted by molar-refractivity contribution is 5.94. The minimum absolute atomic E-state index is 0.0211. The van der Waals surface area contributed by atoms with Gasteiger partial charge in [0.25, 0.3) is 5.91 Å². The third kappa shape index (κ3) is 4.58. The lowest BCUT2D eigenvalue weighted by atomic mass is 10.1. The molecule has 0 unspecified atom stereocenters. The number of hydrogen-bond acceptors (Lipinski definition) is 4. The van der Waals surface area contributed by atoms with Gasteiger partial charge in [-0.2, -0.15) is 5.10 Å². The molecule has 1 heterocycles. The summed E-state index contributed by atoms with van der Waals surface area (Å²) in [5.74, 6) is -0.0969. The summed E-state index contributed by atoms with van der Waals surface area (Å²) >= 11 is 0. The fourth-order valence-electron chi connectivity index (χ4n) is 2.62. The Kier molecular flexibility index (Phi) is 5.98. The van der Waals surface area contributed by atoms with Gasteiger partial charge in [0, 0.05) is 36.6 Å². The van der Waals surface area contributed by atoms with Crippen molar-refractivity contribution in [2.24, 2.45) is 0 Å². The Morgan fingerprint density at radius 3 is 2.54 bits per heavy atom. The molecule has 6 heteroatoms. The summed E-state index contributed by atoms with van der Waals surface area (Å²) in [7, 11) is 1.90. The predicted molar refractivity (Wildman–Crippen MR) is 95.4 cm³/mol. The number of aliphatic hydroxyl groups excluding tert-OH is 1. The number of benzene rings is 1. The number of carbonyl (C=O) groups is 1. The number of amides is 1. The van der Waals surface area contributed by atoms with Gasteiger partial charge < -0.3 is 15.3 Å². The fraction of sp³-hybridized carbons (Fsp3) is 0.444. The van der Waals surface area contributed by atoms with E-state index in [0.717, 1.165) is 17.1 Å². The van der Waals surface area contributed by atoms with Crippen molar-refractivity contribution in [2.45, 2.75) is 33.4 Å². The van der Waals surface area contributed by atoms with Crippen LogP contribution in [0.15, 0.2) is 30.3 Å². The van der Waals surface area contributed by atoms with Gasteiger partial charge in [0.1, 0.15) is 0 Å². The number of rotatable bonds is 7. The minimum Gasteiger partial charge on any atom is -0.395 e. The molecule has 0 saturated heterocycles. The number of nitrogens with one attached hydrogen (secondary N) is 1. The molecule has 24 heavy (non-hydrogen) atoms. The zero-order chi connectivity index (χ0) is 17.7. The van der Waals surface area contributed by atoms with Crippen LogP contribution in [0.1, 0.15) is 28.7 Å². The van der Waals surface area contributed by atoms with Gasteiger partial charge in [-0.25, -0.2) is 0 Å². The largest absolute Gasteiger partial charge is 0.395 e. The Morgan fingerprint density at radius 2 is 2.00 bits per heavy atom. The lowest BCUT2D eigenvalue weighted by Gasteiger charge is -2.18. The summed E-state index contributed by atoms with van der Waals surface area (Å²) in [5.41, 5.74) is 3.66. The number of carbonyl (C=O) groups excluding carboxylic acids is 1. The second-order valence-corrected chi connectivity index (χ2v) is 6.18. The van der Waals surface area contributed by atoms with Gasteiger partial charge in [0.15, 0.2) is 0 Å². The van der Waals surface area contributed by atoms with E-state index in [2.05, 4.69) is 10.4 Å². The number of aryl methyl sites for hydroxylation is 2. The van der Waals surface area contributed by atoms with Crippen molar-refractivity contribution in [1.82, 2.24) is 15.1 Å². The molecule has 1 aromatic heterocycles. The maximum absolute atomic E-state index is 12.3. The van der Waals surface area contributed by atoms with Crippen LogP contribution in [-0.2, 0) is 6.54 Å². The van der Waals surface area contributed by atoms with Gasteiger partial charge in [-0.1, -0.05) is 0 Å². The topological polar surface area (TPSA) is 70.4 Å². The van der Waals surface area contributed by atoms with Crippen molar-refractivity contribution >= 4 is 11.6 Å². The first-order valence-electron chi connectivity index (χ1n) is 8.14. The van der Waals surface area contributed by atoms with E-state index in [0.29, 0.717) is 18.7 Å². The van der Waals surface area contributed by atoms with Crippen molar-refractivity contribution in [3.63, 3.8) is 0 Å². The maximum Gasteiger partial charge on any atom is 0.251 e. The molecule has 0 fully saturated rings. The Labute approximate surface area is 143 Å². The zero-order valence-corrected chi connectivity index (χ0v) is 14.8. The molecular weight excluding hydrogens is 304 g/mol. The normalized spacial score (nSPS) is 12.0. The first kappa shape index (κ1) is 18.0. The summed E-state index contributed by atoms with van der Waals surface area (Å²) in [6, 6.07) is 9.37. The highest BCUT2D eigenvalue weighted by Crippen LogP contribution is 2.13. The van der Waals surface area contributed by atoms with Crippen LogP contribution in [0.5, 0.6) is 0 Å². The first-order chi connectivity index (χ1) is 11.4. The van der Waals surface area contributed by atoms with Crippen LogP contribution < -0.4 is 10.2 Å². The highest BCUT2D eigenvalue weighted by Gasteiger charge is 2.12. The Hall–Kier alpha value is -2.34. The Balaban J connectivity index is 1.95. The second kappa shape index (κ2) is 7.97. The van der Waals surface area contributed by atoms with Gasteiger partial charge in [0.05, 0.1) is 18.8 Å². The number of likely N-dealkylation sites (N-methyl/N-ethyl adjacent to an activating group) is 1. The molecule has 6 nitrogen and oxygen atoms in total. The number of aromatic nitrogens is 2. The lowest BCUT2D eigenvalue weighted by molar-refractivity contribution is 0.0936. The Bertz CT molecular complexity index is 679. The molecule has 0 radical (unpaired) electrons. The van der Waals surface area contributed by atoms with Crippen LogP contribution in [0.3, 0.4) is 0 Å². The number of nitrogens with zero attached hydrogens (tertiary/aromatic N) is 3. The molecule has 0 aliphatic rings. The summed E-state index contributed by atoms with van der Waals surface area (Å²) < 4.78 is 1.91. The van der Waals surface area contributed by atoms with Crippen LogP contribution in [0.25, 0.3) is 0 Å². The molecule has 2 rings (SSSR count). The van der Waals surface area contributed by atoms with E-state index in [4.69, 9.17) is 5.11 Å². The summed E-state index contributed by atoms with van der Waals surface area (Å²) in [6.07, 6.45) is 0. The van der Waals surface area contributed by atoms with Crippen LogP contribution in [-0.4, -0.2) is 47.0 Å². The van der Waals surface area contributed by atoms with E-state index < -0.39 is 0 Å². The molecule has 0 spiro atoms. The van der Waals surface area contributed by atoms with Crippen molar-refractivity contribution in [2.75, 3.05) is 25.1 Å². The van der Waals surface area contributed by atoms with Gasteiger partial charge in [-0.05, 0) is 51.1 Å². The maximum atomic E-state index is 12.3. The van der Waals surface area contributed by atoms with E-state index in [9.17, 15) is 4.79 Å². The standard InChI is InChI=1S/C18H26N4O2/c1-13-11-15(3)22(20-13)12-14(2)19-18(24)16-5-7-17(8-6-16)21(4)9-10-23/h5-8,11,14,23H,9-10,12H2,1-4H3,(H,19,24)/t14-/m1/s1. The van der Waals surface area contributed by atoms with E-state index in [-0.39, 0.29) is 18.6 Å². The highest BCUT2D eigenvalue weighted by atomic mass is 16.3. The quantitative estimate of drug-likeness (QED) is 0.811. The third-order valence-corrected chi connectivity index (χ3v) is 3.93. The molecule has 0 saturated carbocycles. The molecule has 1 amide bonds. The van der Waals surface area contributed by atoms with Crippen LogP contribution >= 0.6 is 0 Å². The van der Waals surface area contributed by atoms with Crippen molar-refractivity contribution in [3.05, 3.63) is 47.3 Å². The summed E-state index contributed by atoms with van der Waals surface area (Å²) in [5, 5.41) is 16.4. The number of hydrogen-bond donors (Lipinski definition) is 2. The smallest absolute Gasteiger partial charge is 0.251 e. The van der Waals surface area contributed by atoms with Crippen LogP contribution in [0.4, 0.5) is 5.69 Å². The van der Waals surface area contributed by atoms with Crippen LogP contribution in [0, 0.1) is 13.8 Å². The van der Waals surface area contributed by atoms with Crippen LogP contribution in [0.2, 0.25) is 0 Å². The summed E-state index contributed by atoms with van der Waals surface area (Å²) in [4.78, 5) is 14.3. The van der Waals surface area contributed by atoms with Gasteiger partial charge in [-0.3, -0.25) is 9.48 Å². The molecule has 0 bridgehead atoms. The molecule has 0 aliphatic heterocycles. The van der Waals surface area contributed by atoms with Crippen molar-refractivity contribution in [1.29, 1.82) is 0 Å². The molecule has 0 aliphatic carbocycles. The molecule has 130 valence electrons. The molecule has 1 atom stereocenters. The fourth-order valence-corrected chi connectivity index (χ4v) is 2.62. The van der Waals surface area contributed by atoms with E-state index >= 15 is 0 Å². The second-order valence-electron chi connectivity index (χ2n) is 6.18. The third-order valence-electron chi connectivity index (χ3n) is 3.93. The van der Waals surface area contributed by atoms with E-state index in [1.165, 1.54) is 0 Å². The summed E-state index contributed by atoms with van der Waals surface area (Å²) in [6.45, 7) is 7.24. The molecule has 1 aromatic carbocycles. The number of aliphatic hydroxyl groups is 1. The predicted octanol–water partition coefficient (Wildman–Crippen LogP) is 1.75. The monoisotopic (exact) mass is 330 g/mol. The van der Waals surface area contributed by atoms with Gasteiger partial charge in [-0.15, -0.1) is 0 Å². The van der Waals surface area contributed by atoms with Crippen molar-refractivity contribution < 1.29 is 9.90 Å². The number of anilines is 1. The first-order valence-corrected chi connectivity index (χ1v) is 8.14. The van der Waals surface area contributed by atoms with Gasteiger partial charge in [0.2, 0.25) is 0 Å². The molecule has 2 aromatic rings. The minimum atomic E-state index is -0.0969. The Morgan fingerprint density at radius 1 is 1.33 bits per heavy atom. The van der Waals surface area contributed by atoms with Gasteiger partial charge >= 0.3 is 0 Å². The zero-order valence-electron chi connectivity index (χ0n) is 14.8. The molecule has 2 N–H and O–H groups in total. The average Bonchev–Trinajstić information content (AvgIpc) is 2.85. The van der Waals surface area contributed by atoms with E-state index in [1.807, 2.05) is 55.6 Å². The SMILES string of the molecule is Cc1cc(C)n(C[C@@H](C)NC(=O)c2ccc(N(C)CCO)cc2)n1. The average molecular weight is 330 g/mol. The van der Waals surface area contributed by atoms with Crippen molar-refractivity contribution in [3.8, 4) is 0 Å². The van der Waals surface area contributed by atoms with E-state index in [1.54, 1.807) is 12.1 Å². The lowest BCUT2D eigenvalue weighted by Crippen LogP contribution is -2.36.